The molecule has 0 spiro atoms. The molecule has 24 heavy (non-hydrogen) atoms. The van der Waals surface area contributed by atoms with Crippen molar-refractivity contribution in [2.75, 3.05) is 0 Å². The van der Waals surface area contributed by atoms with Gasteiger partial charge < -0.3 is 9.72 Å². The van der Waals surface area contributed by atoms with Crippen LogP contribution < -0.4 is 10.3 Å². The molecule has 1 N–H and O–H groups in total. The van der Waals surface area contributed by atoms with Crippen molar-refractivity contribution >= 4 is 11.0 Å². The molecule has 0 atom stereocenters. The number of nitrogens with zero attached hydrogens (tertiary/aromatic N) is 3. The third-order valence-electron chi connectivity index (χ3n) is 2.96. The van der Waals surface area contributed by atoms with Gasteiger partial charge in [0.2, 0.25) is 0 Å². The Bertz CT molecular complexity index is 947. The van der Waals surface area contributed by atoms with Gasteiger partial charge in [-0.15, -0.1) is 13.2 Å². The van der Waals surface area contributed by atoms with E-state index in [0.29, 0.717) is 0 Å². The average Bonchev–Trinajstić information content (AvgIpc) is 2.90. The maximum Gasteiger partial charge on any atom is 0.573 e. The number of nitrogens with one attached hydrogen (secondary N) is 1. The number of rotatable bonds is 3. The molecule has 0 aliphatic carbocycles. The second kappa shape index (κ2) is 5.58. The minimum absolute atomic E-state index is 0.0602. The molecule has 0 saturated carbocycles. The maximum absolute atomic E-state index is 12.8. The van der Waals surface area contributed by atoms with Crippen LogP contribution >= 0.6 is 0 Å². The van der Waals surface area contributed by atoms with Gasteiger partial charge in [-0.25, -0.2) is 18.4 Å². The van der Waals surface area contributed by atoms with E-state index >= 15 is 0 Å². The van der Waals surface area contributed by atoms with Crippen molar-refractivity contribution in [2.24, 2.45) is 0 Å². The minimum Gasteiger partial charge on any atom is -0.406 e. The summed E-state index contributed by atoms with van der Waals surface area (Å²) in [4.78, 5) is 17.3. The Labute approximate surface area is 129 Å². The van der Waals surface area contributed by atoms with Crippen molar-refractivity contribution in [1.29, 1.82) is 0 Å². The molecule has 0 saturated heterocycles. The Morgan fingerprint density at radius 2 is 2.00 bits per heavy atom. The van der Waals surface area contributed by atoms with Gasteiger partial charge in [-0.05, 0) is 12.1 Å². The van der Waals surface area contributed by atoms with Crippen LogP contribution in [-0.4, -0.2) is 26.1 Å². The van der Waals surface area contributed by atoms with Crippen LogP contribution in [0.25, 0.3) is 16.7 Å². The number of benzene rings is 1. The monoisotopic (exact) mass is 346 g/mol. The van der Waals surface area contributed by atoms with E-state index in [1.54, 1.807) is 0 Å². The second-order valence-electron chi connectivity index (χ2n) is 4.59. The van der Waals surface area contributed by atoms with E-state index in [1.807, 2.05) is 4.98 Å². The van der Waals surface area contributed by atoms with Crippen LogP contribution in [-0.2, 0) is 0 Å². The molecule has 2 aromatic heterocycles. The fraction of sp³-hybridized carbons (Fsp3) is 0.154. The van der Waals surface area contributed by atoms with Crippen molar-refractivity contribution in [1.82, 2.24) is 19.7 Å². The normalized spacial score (nSPS) is 12.1. The lowest BCUT2D eigenvalue weighted by molar-refractivity contribution is -0.274. The van der Waals surface area contributed by atoms with E-state index in [-0.39, 0.29) is 16.7 Å². The highest BCUT2D eigenvalue weighted by atomic mass is 19.4. The van der Waals surface area contributed by atoms with E-state index in [2.05, 4.69) is 14.8 Å². The maximum atomic E-state index is 12.8. The van der Waals surface area contributed by atoms with Gasteiger partial charge in [0.15, 0.2) is 11.5 Å². The number of hydrogen-bond donors (Lipinski definition) is 1. The van der Waals surface area contributed by atoms with Gasteiger partial charge >= 0.3 is 6.36 Å². The van der Waals surface area contributed by atoms with Crippen molar-refractivity contribution in [3.8, 4) is 11.4 Å². The summed E-state index contributed by atoms with van der Waals surface area (Å²) in [5.41, 5.74) is -0.979. The van der Waals surface area contributed by atoms with Crippen LogP contribution in [0, 0.1) is 0 Å². The summed E-state index contributed by atoms with van der Waals surface area (Å²) in [7, 11) is 0. The number of aromatic nitrogens is 4. The molecule has 3 aromatic rings. The fourth-order valence-corrected chi connectivity index (χ4v) is 2.04. The largest absolute Gasteiger partial charge is 0.573 e. The molecule has 1 aromatic carbocycles. The average molecular weight is 346 g/mol. The van der Waals surface area contributed by atoms with Crippen molar-refractivity contribution in [3.63, 3.8) is 0 Å². The third kappa shape index (κ3) is 3.05. The van der Waals surface area contributed by atoms with Crippen molar-refractivity contribution in [2.45, 2.75) is 12.8 Å². The second-order valence-corrected chi connectivity index (χ2v) is 4.59. The first-order valence-electron chi connectivity index (χ1n) is 6.37. The van der Waals surface area contributed by atoms with E-state index < -0.39 is 29.9 Å². The summed E-state index contributed by atoms with van der Waals surface area (Å²) in [5, 5.41) is 3.73. The van der Waals surface area contributed by atoms with Crippen LogP contribution in [0.4, 0.5) is 22.0 Å². The molecule has 0 amide bonds. The van der Waals surface area contributed by atoms with Gasteiger partial charge in [0, 0.05) is 6.07 Å². The molecule has 3 rings (SSSR count). The highest BCUT2D eigenvalue weighted by Crippen LogP contribution is 2.25. The number of ether oxygens (including phenoxy) is 1. The first-order valence-corrected chi connectivity index (χ1v) is 6.37. The van der Waals surface area contributed by atoms with E-state index in [4.69, 9.17) is 0 Å². The predicted molar refractivity (Wildman–Crippen MR) is 71.1 cm³/mol. The number of alkyl halides is 5. The van der Waals surface area contributed by atoms with Crippen molar-refractivity contribution < 1.29 is 26.7 Å². The number of H-pyrrole nitrogens is 1. The Kier molecular flexibility index (Phi) is 3.70. The Morgan fingerprint density at radius 3 is 2.67 bits per heavy atom. The molecule has 0 unspecified atom stereocenters. The summed E-state index contributed by atoms with van der Waals surface area (Å²) in [5.74, 6) is -1.39. The Morgan fingerprint density at radius 1 is 1.25 bits per heavy atom. The van der Waals surface area contributed by atoms with E-state index in [0.717, 1.165) is 23.0 Å². The zero-order chi connectivity index (χ0) is 17.5. The Hall–Kier alpha value is -2.98. The molecule has 0 radical (unpaired) electrons. The highest BCUT2D eigenvalue weighted by molar-refractivity contribution is 5.75. The van der Waals surface area contributed by atoms with Crippen LogP contribution in [0.3, 0.4) is 0 Å². The molecule has 0 aliphatic heterocycles. The molecule has 6 nitrogen and oxygen atoms in total. The number of fused-ring (bicyclic) bond motifs is 1. The van der Waals surface area contributed by atoms with E-state index in [9.17, 15) is 26.7 Å². The Balaban J connectivity index is 2.13. The number of aromatic amines is 1. The smallest absolute Gasteiger partial charge is 0.406 e. The molecular formula is C13H7F5N4O2. The fourth-order valence-electron chi connectivity index (χ4n) is 2.04. The molecule has 0 bridgehead atoms. The van der Waals surface area contributed by atoms with Gasteiger partial charge in [0.1, 0.15) is 11.1 Å². The van der Waals surface area contributed by atoms with Gasteiger partial charge in [0.05, 0.1) is 11.9 Å². The van der Waals surface area contributed by atoms with Crippen LogP contribution in [0.5, 0.6) is 5.75 Å². The quantitative estimate of drug-likeness (QED) is 0.740. The summed E-state index contributed by atoms with van der Waals surface area (Å²) in [6.45, 7) is 0. The summed E-state index contributed by atoms with van der Waals surface area (Å²) < 4.78 is 67.1. The first-order chi connectivity index (χ1) is 11.2. The molecule has 2 heterocycles. The standard InChI is InChI=1S/C13H7F5N4O2/c14-9(15)10-20-11-8(12(23)21-10)5-19-22(11)6-2-1-3-7(4-6)24-13(16,17)18/h1-5,9H,(H,20,21,23). The summed E-state index contributed by atoms with van der Waals surface area (Å²) in [6, 6.07) is 4.67. The third-order valence-corrected chi connectivity index (χ3v) is 2.96. The van der Waals surface area contributed by atoms with E-state index in [1.165, 1.54) is 12.1 Å². The summed E-state index contributed by atoms with van der Waals surface area (Å²) in [6.07, 6.45) is -6.83. The lowest BCUT2D eigenvalue weighted by atomic mass is 10.3. The molecular weight excluding hydrogens is 339 g/mol. The van der Waals surface area contributed by atoms with Gasteiger partial charge in [0.25, 0.3) is 12.0 Å². The highest BCUT2D eigenvalue weighted by Gasteiger charge is 2.31. The lowest BCUT2D eigenvalue weighted by Gasteiger charge is -2.10. The SMILES string of the molecule is O=c1[nH]c(C(F)F)nc2c1cnn2-c1cccc(OC(F)(F)F)c1. The van der Waals surface area contributed by atoms with Crippen LogP contribution in [0.2, 0.25) is 0 Å². The topological polar surface area (TPSA) is 72.8 Å². The van der Waals surface area contributed by atoms with Crippen LogP contribution in [0.1, 0.15) is 12.2 Å². The molecule has 11 heteroatoms. The van der Waals surface area contributed by atoms with Gasteiger partial charge in [-0.2, -0.15) is 5.10 Å². The number of hydrogen-bond acceptors (Lipinski definition) is 4. The van der Waals surface area contributed by atoms with Crippen molar-refractivity contribution in [3.05, 3.63) is 46.6 Å². The number of halogens is 5. The van der Waals surface area contributed by atoms with Crippen LogP contribution in [0.15, 0.2) is 35.3 Å². The zero-order valence-electron chi connectivity index (χ0n) is 11.5. The first kappa shape index (κ1) is 15.9. The molecule has 0 aliphatic rings. The van der Waals surface area contributed by atoms with Gasteiger partial charge in [-0.3, -0.25) is 4.79 Å². The lowest BCUT2D eigenvalue weighted by Crippen LogP contribution is -2.17. The van der Waals surface area contributed by atoms with Gasteiger partial charge in [-0.1, -0.05) is 6.07 Å². The molecule has 0 fully saturated rings. The summed E-state index contributed by atoms with van der Waals surface area (Å²) >= 11 is 0. The predicted octanol–water partition coefficient (Wildman–Crippen LogP) is 2.95. The minimum atomic E-state index is -4.89. The molecule has 126 valence electrons. The zero-order valence-corrected chi connectivity index (χ0v) is 11.5.